The molecule has 2 aliphatic rings. The summed E-state index contributed by atoms with van der Waals surface area (Å²) >= 11 is 0. The summed E-state index contributed by atoms with van der Waals surface area (Å²) in [5, 5.41) is 2.78. The van der Waals surface area contributed by atoms with Crippen LogP contribution in [0.5, 0.6) is 0 Å². The lowest BCUT2D eigenvalue weighted by Crippen LogP contribution is -2.42. The number of nitrogens with zero attached hydrogens (tertiary/aromatic N) is 3. The van der Waals surface area contributed by atoms with Crippen molar-refractivity contribution in [2.24, 2.45) is 0 Å². The lowest BCUT2D eigenvalue weighted by molar-refractivity contribution is -0.0673. The number of aryl methyl sites for hydroxylation is 1. The maximum Gasteiger partial charge on any atom is 0.407 e. The van der Waals surface area contributed by atoms with Gasteiger partial charge in [0, 0.05) is 54.9 Å². The Morgan fingerprint density at radius 2 is 1.83 bits per heavy atom. The van der Waals surface area contributed by atoms with Crippen molar-refractivity contribution in [2.45, 2.75) is 90.7 Å². The zero-order valence-corrected chi connectivity index (χ0v) is 30.9. The molecule has 6 atom stereocenters. The molecular formula is C38H46N5O8P. The fourth-order valence-corrected chi connectivity index (χ4v) is 7.94. The predicted molar refractivity (Wildman–Crippen MR) is 197 cm³/mol. The number of fused-ring (bicyclic) bond motifs is 2. The molecule has 0 bridgehead atoms. The molecule has 1 aliphatic carbocycles. The van der Waals surface area contributed by atoms with Gasteiger partial charge in [0.25, 0.3) is 14.1 Å². The van der Waals surface area contributed by atoms with Gasteiger partial charge in [-0.05, 0) is 59.2 Å². The summed E-state index contributed by atoms with van der Waals surface area (Å²) in [4.78, 5) is 44.3. The van der Waals surface area contributed by atoms with E-state index in [9.17, 15) is 14.4 Å². The molecular weight excluding hydrogens is 685 g/mol. The molecule has 2 N–H and O–H groups in total. The topological polar surface area (TPSA) is 138 Å². The molecule has 3 unspecified atom stereocenters. The molecule has 2 aromatic carbocycles. The monoisotopic (exact) mass is 732 g/mol. The second-order valence-electron chi connectivity index (χ2n) is 13.0. The van der Waals surface area contributed by atoms with Crippen molar-refractivity contribution >= 4 is 14.6 Å². The Morgan fingerprint density at radius 3 is 2.56 bits per heavy atom. The second-order valence-corrected chi connectivity index (χ2v) is 14.4. The zero-order valence-electron chi connectivity index (χ0n) is 31.0. The fourth-order valence-electron chi connectivity index (χ4n) is 6.19. The number of hydrogen-bond acceptors (Lipinski definition) is 9. The molecule has 0 radical (unpaired) electrons. The number of aromatic amines is 1. The Balaban J connectivity index is 1.35. The fraction of sp³-hybridized carbons (Fsp3) is 0.474. The average Bonchev–Trinajstić information content (AvgIpc) is 3.46. The third-order valence-electron chi connectivity index (χ3n) is 8.56. The van der Waals surface area contributed by atoms with Gasteiger partial charge >= 0.3 is 11.8 Å². The van der Waals surface area contributed by atoms with E-state index in [1.165, 1.54) is 10.8 Å². The van der Waals surface area contributed by atoms with Gasteiger partial charge in [-0.25, -0.2) is 20.8 Å². The highest BCUT2D eigenvalue weighted by Crippen LogP contribution is 2.50. The molecule has 0 saturated carbocycles. The summed E-state index contributed by atoms with van der Waals surface area (Å²) in [6, 6.07) is 15.4. The molecule has 3 aromatic rings. The van der Waals surface area contributed by atoms with Crippen LogP contribution in [0.4, 0.5) is 4.79 Å². The van der Waals surface area contributed by atoms with Gasteiger partial charge in [-0.2, -0.15) is 0 Å². The molecule has 13 nitrogen and oxygen atoms in total. The smallest absolute Gasteiger partial charge is 0.407 e. The van der Waals surface area contributed by atoms with Gasteiger partial charge in [0.05, 0.1) is 12.7 Å². The lowest BCUT2D eigenvalue weighted by Gasteiger charge is -2.37. The van der Waals surface area contributed by atoms with Crippen molar-refractivity contribution in [3.05, 3.63) is 115 Å². The van der Waals surface area contributed by atoms with Crippen molar-refractivity contribution in [2.75, 3.05) is 26.3 Å². The third kappa shape index (κ3) is 9.36. The quantitative estimate of drug-likeness (QED) is 0.0988. The first-order valence-corrected chi connectivity index (χ1v) is 18.4. The highest BCUT2D eigenvalue weighted by atomic mass is 31.2. The molecule has 52 heavy (non-hydrogen) atoms. The Bertz CT molecular complexity index is 1940. The van der Waals surface area contributed by atoms with Gasteiger partial charge in [-0.15, -0.1) is 0 Å². The van der Waals surface area contributed by atoms with Gasteiger partial charge in [0.1, 0.15) is 24.9 Å². The third-order valence-corrected chi connectivity index (χ3v) is 10.7. The highest BCUT2D eigenvalue weighted by molar-refractivity contribution is 7.44. The van der Waals surface area contributed by atoms with Crippen LogP contribution < -0.4 is 16.6 Å². The van der Waals surface area contributed by atoms with Gasteiger partial charge < -0.3 is 33.4 Å². The van der Waals surface area contributed by atoms with Crippen LogP contribution in [-0.4, -0.2) is 77.0 Å². The van der Waals surface area contributed by atoms with E-state index in [1.807, 2.05) is 76.2 Å². The van der Waals surface area contributed by atoms with E-state index in [2.05, 4.69) is 31.7 Å². The number of carbonyl (C=O) groups is 1. The highest BCUT2D eigenvalue weighted by Gasteiger charge is 2.48. The lowest BCUT2D eigenvalue weighted by atomic mass is 9.92. The Labute approximate surface area is 306 Å². The Kier molecular flexibility index (Phi) is 12.9. The number of H-pyrrole nitrogens is 1. The summed E-state index contributed by atoms with van der Waals surface area (Å²) in [5.74, 6) is 6.43. The maximum absolute atomic E-state index is 13.2. The number of aromatic nitrogens is 2. The van der Waals surface area contributed by atoms with Crippen molar-refractivity contribution in [3.63, 3.8) is 0 Å². The van der Waals surface area contributed by atoms with Crippen LogP contribution in [0.2, 0.25) is 0 Å². The number of nitrogens with one attached hydrogen (secondary N) is 2. The van der Waals surface area contributed by atoms with Crippen molar-refractivity contribution in [1.82, 2.24) is 19.5 Å². The van der Waals surface area contributed by atoms with E-state index in [0.29, 0.717) is 6.42 Å². The summed E-state index contributed by atoms with van der Waals surface area (Å²) in [7, 11) is -1.77. The van der Waals surface area contributed by atoms with Crippen LogP contribution in [0.1, 0.15) is 76.1 Å². The summed E-state index contributed by atoms with van der Waals surface area (Å²) < 4.78 is 43.0. The van der Waals surface area contributed by atoms with E-state index < -0.39 is 56.5 Å². The molecule has 1 fully saturated rings. The number of hydrogen-bond donors (Lipinski definition) is 2. The van der Waals surface area contributed by atoms with Crippen LogP contribution in [-0.2, 0) is 29.7 Å². The van der Waals surface area contributed by atoms with Gasteiger partial charge in [0.15, 0.2) is 6.23 Å². The molecule has 1 saturated heterocycles. The standard InChI is InChI=1S/C38H46N5O8P/c1-24(2)43(25(3)4)52(48-21-18-39-7)51-33-27(6)49-36(42-23-26(5)35(44)41-37(42)45)34(33)47-20-19-40-38(46)50-32-22-30-14-9-8-12-28(30)16-17-29-13-10-11-15-31(29)32/h8-15,23-25,27,32-34,36H,18-22H2,1-6H3,(H,40,46)(H,41,44,45)/t27-,32?,33?,34+,36-,52?/m1/s1/i6D. The van der Waals surface area contributed by atoms with E-state index in [0.717, 1.165) is 22.3 Å². The minimum absolute atomic E-state index is 0.00555. The first-order valence-electron chi connectivity index (χ1n) is 18.0. The molecule has 2 heterocycles. The summed E-state index contributed by atoms with van der Waals surface area (Å²) in [6.45, 7) is 16.9. The summed E-state index contributed by atoms with van der Waals surface area (Å²) in [6.07, 6.45) is -3.19. The number of carbonyl (C=O) groups excluding carboxylic acids is 1. The maximum atomic E-state index is 13.2. The molecule has 5 rings (SSSR count). The van der Waals surface area contributed by atoms with Crippen LogP contribution in [0.3, 0.4) is 0 Å². The van der Waals surface area contributed by atoms with E-state index >= 15 is 0 Å². The van der Waals surface area contributed by atoms with Gasteiger partial charge in [0.2, 0.25) is 6.54 Å². The Hall–Kier alpha value is -4.33. The van der Waals surface area contributed by atoms with Gasteiger partial charge in [-0.1, -0.05) is 48.2 Å². The minimum Gasteiger partial charge on any atom is -0.441 e. The molecule has 1 aliphatic heterocycles. The minimum atomic E-state index is -1.77. The van der Waals surface area contributed by atoms with Gasteiger partial charge in [-0.3, -0.25) is 14.3 Å². The molecule has 0 spiro atoms. The number of rotatable bonds is 14. The first kappa shape index (κ1) is 37.4. The van der Waals surface area contributed by atoms with Crippen molar-refractivity contribution < 1.29 is 29.4 Å². The summed E-state index contributed by atoms with van der Waals surface area (Å²) in [5.41, 5.74) is 2.48. The normalized spacial score (nSPS) is 21.6. The molecule has 14 heteroatoms. The molecule has 1 amide bonds. The van der Waals surface area contributed by atoms with Crippen molar-refractivity contribution in [3.8, 4) is 11.8 Å². The van der Waals surface area contributed by atoms with Crippen LogP contribution in [0, 0.1) is 25.3 Å². The van der Waals surface area contributed by atoms with Crippen LogP contribution >= 0.6 is 8.53 Å². The SMILES string of the molecule is [2H]C[C@H]1O[C@@H](n2cc(C)c(=O)[nH]c2=O)[C@@H](OCCNC(=O)OC2Cc3ccccc3C#Cc3ccccc32)C1OP(OCC[N+]#[C-])N(C(C)C)C(C)C. The van der Waals surface area contributed by atoms with E-state index in [-0.39, 0.29) is 50.9 Å². The number of ether oxygens (including phenoxy) is 3. The van der Waals surface area contributed by atoms with E-state index in [1.54, 1.807) is 6.92 Å². The average molecular weight is 733 g/mol. The first-order chi connectivity index (χ1) is 25.5. The van der Waals surface area contributed by atoms with Crippen LogP contribution in [0.15, 0.2) is 64.3 Å². The number of amides is 1. The van der Waals surface area contributed by atoms with Crippen LogP contribution in [0.25, 0.3) is 4.85 Å². The Morgan fingerprint density at radius 1 is 1.12 bits per heavy atom. The zero-order chi connectivity index (χ0) is 38.1. The largest absolute Gasteiger partial charge is 0.441 e. The predicted octanol–water partition coefficient (Wildman–Crippen LogP) is 5.24. The number of benzene rings is 2. The molecule has 276 valence electrons. The van der Waals surface area contributed by atoms with Crippen molar-refractivity contribution in [1.29, 1.82) is 0 Å². The molecule has 1 aromatic heterocycles. The van der Waals surface area contributed by atoms with E-state index in [4.69, 9.17) is 31.2 Å². The second kappa shape index (κ2) is 17.9. The number of alkyl carbamates (subject to hydrolysis) is 1.